The first kappa shape index (κ1) is 12.8. The van der Waals surface area contributed by atoms with Crippen molar-refractivity contribution in [2.45, 2.75) is 20.0 Å². The highest BCUT2D eigenvalue weighted by Crippen LogP contribution is 2.60. The minimum atomic E-state index is -4.56. The minimum absolute atomic E-state index is 0.531. The van der Waals surface area contributed by atoms with Crippen LogP contribution >= 0.6 is 23.2 Å². The Bertz CT molecular complexity index is 320. The maximum atomic E-state index is 12.1. The zero-order valence-electron chi connectivity index (χ0n) is 8.03. The van der Waals surface area contributed by atoms with Crippen molar-refractivity contribution in [3.05, 3.63) is 11.1 Å². The summed E-state index contributed by atoms with van der Waals surface area (Å²) >= 11 is 10.3. The van der Waals surface area contributed by atoms with E-state index in [1.54, 1.807) is 13.8 Å². The SMILES string of the molecule is CC1(C)[C@H](/C=C(\Cl)C(F)(F)F)[C@H]1C(=O)Cl. The number of hydrogen-bond donors (Lipinski definition) is 0. The zero-order chi connectivity index (χ0) is 12.0. The highest BCUT2D eigenvalue weighted by Gasteiger charge is 2.60. The first-order valence-corrected chi connectivity index (χ1v) is 4.98. The van der Waals surface area contributed by atoms with E-state index >= 15 is 0 Å². The fourth-order valence-corrected chi connectivity index (χ4v) is 2.23. The van der Waals surface area contributed by atoms with E-state index in [0.717, 1.165) is 6.08 Å². The van der Waals surface area contributed by atoms with Crippen LogP contribution in [0.4, 0.5) is 13.2 Å². The quantitative estimate of drug-likeness (QED) is 0.692. The molecule has 0 aromatic heterocycles. The van der Waals surface area contributed by atoms with E-state index in [2.05, 4.69) is 0 Å². The van der Waals surface area contributed by atoms with Crippen molar-refractivity contribution in [2.75, 3.05) is 0 Å². The molecule has 15 heavy (non-hydrogen) atoms. The highest BCUT2D eigenvalue weighted by atomic mass is 35.5. The number of halogens is 5. The molecule has 0 aromatic rings. The van der Waals surface area contributed by atoms with Gasteiger partial charge in [-0.15, -0.1) is 0 Å². The Labute approximate surface area is 95.2 Å². The lowest BCUT2D eigenvalue weighted by atomic mass is 10.1. The van der Waals surface area contributed by atoms with Crippen LogP contribution in [0.5, 0.6) is 0 Å². The van der Waals surface area contributed by atoms with E-state index < -0.39 is 33.7 Å². The molecule has 2 atom stereocenters. The van der Waals surface area contributed by atoms with Crippen molar-refractivity contribution < 1.29 is 18.0 Å². The van der Waals surface area contributed by atoms with Gasteiger partial charge in [-0.3, -0.25) is 4.79 Å². The van der Waals surface area contributed by atoms with Crippen LogP contribution in [-0.4, -0.2) is 11.4 Å². The van der Waals surface area contributed by atoms with Crippen LogP contribution in [0.3, 0.4) is 0 Å². The summed E-state index contributed by atoms with van der Waals surface area (Å²) in [6.07, 6.45) is -3.69. The van der Waals surface area contributed by atoms with Crippen molar-refractivity contribution >= 4 is 28.4 Å². The second kappa shape index (κ2) is 3.67. The van der Waals surface area contributed by atoms with E-state index in [-0.39, 0.29) is 0 Å². The fourth-order valence-electron chi connectivity index (χ4n) is 1.67. The fraction of sp³-hybridized carbons (Fsp3) is 0.667. The van der Waals surface area contributed by atoms with Crippen LogP contribution in [0.2, 0.25) is 0 Å². The average molecular weight is 261 g/mol. The van der Waals surface area contributed by atoms with Crippen LogP contribution in [0.1, 0.15) is 13.8 Å². The molecule has 0 bridgehead atoms. The smallest absolute Gasteiger partial charge is 0.281 e. The van der Waals surface area contributed by atoms with Gasteiger partial charge in [0.05, 0.1) is 0 Å². The first-order valence-electron chi connectivity index (χ1n) is 4.22. The second-order valence-corrected chi connectivity index (χ2v) is 4.92. The summed E-state index contributed by atoms with van der Waals surface area (Å²) in [6, 6.07) is 0. The number of rotatable bonds is 2. The molecule has 1 rings (SSSR count). The number of carbonyl (C=O) groups excluding carboxylic acids is 1. The van der Waals surface area contributed by atoms with E-state index in [1.807, 2.05) is 0 Å². The number of carbonyl (C=O) groups is 1. The molecule has 0 aromatic carbocycles. The van der Waals surface area contributed by atoms with Gasteiger partial charge in [0, 0.05) is 5.92 Å². The number of alkyl halides is 3. The molecule has 0 N–H and O–H groups in total. The van der Waals surface area contributed by atoms with Crippen LogP contribution in [0.25, 0.3) is 0 Å². The highest BCUT2D eigenvalue weighted by molar-refractivity contribution is 6.64. The Balaban J connectivity index is 2.83. The Morgan fingerprint density at radius 1 is 1.33 bits per heavy atom. The second-order valence-electron chi connectivity index (χ2n) is 4.14. The van der Waals surface area contributed by atoms with Gasteiger partial charge in [0.15, 0.2) is 0 Å². The maximum absolute atomic E-state index is 12.1. The molecule has 86 valence electrons. The monoisotopic (exact) mass is 260 g/mol. The zero-order valence-corrected chi connectivity index (χ0v) is 9.54. The van der Waals surface area contributed by atoms with Gasteiger partial charge in [0.2, 0.25) is 5.24 Å². The van der Waals surface area contributed by atoms with Gasteiger partial charge < -0.3 is 0 Å². The van der Waals surface area contributed by atoms with Gasteiger partial charge in [-0.05, 0) is 22.9 Å². The number of allylic oxidation sites excluding steroid dienone is 2. The standard InChI is InChI=1S/C9H9Cl2F3O/c1-8(2)4(6(8)7(11)15)3-5(10)9(12,13)14/h3-4,6H,1-2H3/b5-3-/t4-,6+/m1/s1. The summed E-state index contributed by atoms with van der Waals surface area (Å²) < 4.78 is 36.3. The van der Waals surface area contributed by atoms with E-state index in [9.17, 15) is 18.0 Å². The molecule has 1 aliphatic carbocycles. The molecular weight excluding hydrogens is 252 g/mol. The molecule has 1 nitrogen and oxygen atoms in total. The van der Waals surface area contributed by atoms with Crippen molar-refractivity contribution in [1.29, 1.82) is 0 Å². The lowest BCUT2D eigenvalue weighted by molar-refractivity contribution is -0.113. The van der Waals surface area contributed by atoms with Crippen molar-refractivity contribution in [3.8, 4) is 0 Å². The Morgan fingerprint density at radius 2 is 1.80 bits per heavy atom. The third kappa shape index (κ3) is 2.48. The molecule has 0 amide bonds. The van der Waals surface area contributed by atoms with E-state index in [0.29, 0.717) is 0 Å². The predicted octanol–water partition coefficient (Wildman–Crippen LogP) is 3.71. The van der Waals surface area contributed by atoms with Gasteiger partial charge >= 0.3 is 6.18 Å². The normalized spacial score (nSPS) is 30.2. The Hall–Kier alpha value is -0.220. The Morgan fingerprint density at radius 3 is 2.07 bits per heavy atom. The van der Waals surface area contributed by atoms with Crippen LogP contribution in [0, 0.1) is 17.3 Å². The molecule has 1 aliphatic rings. The Kier molecular flexibility index (Phi) is 3.14. The average Bonchev–Trinajstić information content (AvgIpc) is 2.50. The largest absolute Gasteiger partial charge is 0.426 e. The van der Waals surface area contributed by atoms with Gasteiger partial charge in [-0.25, -0.2) is 0 Å². The van der Waals surface area contributed by atoms with Crippen LogP contribution in [0.15, 0.2) is 11.1 Å². The van der Waals surface area contributed by atoms with E-state index in [1.165, 1.54) is 0 Å². The summed E-state index contributed by atoms with van der Waals surface area (Å²) in [4.78, 5) is 10.9. The number of hydrogen-bond acceptors (Lipinski definition) is 1. The van der Waals surface area contributed by atoms with Crippen molar-refractivity contribution in [1.82, 2.24) is 0 Å². The van der Waals surface area contributed by atoms with Gasteiger partial charge in [0.1, 0.15) is 5.03 Å². The third-order valence-electron chi connectivity index (χ3n) is 2.75. The molecular formula is C9H9Cl2F3O. The summed E-state index contributed by atoms with van der Waals surface area (Å²) in [5, 5.41) is -1.81. The lowest BCUT2D eigenvalue weighted by Gasteiger charge is -2.04. The minimum Gasteiger partial charge on any atom is -0.281 e. The third-order valence-corrected chi connectivity index (χ3v) is 3.33. The predicted molar refractivity (Wildman–Crippen MR) is 51.6 cm³/mol. The molecule has 6 heteroatoms. The summed E-state index contributed by atoms with van der Waals surface area (Å²) in [7, 11) is 0. The van der Waals surface area contributed by atoms with Crippen LogP contribution < -0.4 is 0 Å². The molecule has 0 radical (unpaired) electrons. The maximum Gasteiger partial charge on any atom is 0.426 e. The van der Waals surface area contributed by atoms with Gasteiger partial charge in [-0.1, -0.05) is 31.5 Å². The molecule has 0 aliphatic heterocycles. The first-order chi connectivity index (χ1) is 6.58. The molecule has 1 fully saturated rings. The summed E-state index contributed by atoms with van der Waals surface area (Å²) in [6.45, 7) is 3.36. The molecule has 0 saturated heterocycles. The van der Waals surface area contributed by atoms with Gasteiger partial charge in [0.25, 0.3) is 0 Å². The summed E-state index contributed by atoms with van der Waals surface area (Å²) in [5.41, 5.74) is -0.537. The van der Waals surface area contributed by atoms with E-state index in [4.69, 9.17) is 23.2 Å². The molecule has 0 unspecified atom stereocenters. The molecule has 0 heterocycles. The van der Waals surface area contributed by atoms with Gasteiger partial charge in [-0.2, -0.15) is 13.2 Å². The van der Waals surface area contributed by atoms with Crippen LogP contribution in [-0.2, 0) is 4.79 Å². The molecule has 0 spiro atoms. The molecule has 1 saturated carbocycles. The van der Waals surface area contributed by atoms with Crippen molar-refractivity contribution in [2.24, 2.45) is 17.3 Å². The summed E-state index contributed by atoms with van der Waals surface area (Å²) in [5.74, 6) is -1.10. The lowest BCUT2D eigenvalue weighted by Crippen LogP contribution is -2.07. The topological polar surface area (TPSA) is 17.1 Å². The van der Waals surface area contributed by atoms with Crippen molar-refractivity contribution in [3.63, 3.8) is 0 Å².